The molecule has 1 amide bonds. The molecular formula is C18H23N3O5. The van der Waals surface area contributed by atoms with Crippen LogP contribution in [0.5, 0.6) is 0 Å². The Morgan fingerprint density at radius 1 is 1.23 bits per heavy atom. The molecule has 0 unspecified atom stereocenters. The highest BCUT2D eigenvalue weighted by atomic mass is 16.6. The van der Waals surface area contributed by atoms with E-state index in [-0.39, 0.29) is 35.5 Å². The smallest absolute Gasteiger partial charge is 0.338 e. The molecule has 2 N–H and O–H groups in total. The molecule has 0 spiro atoms. The Morgan fingerprint density at radius 2 is 1.96 bits per heavy atom. The number of nitrogens with two attached hydrogens (primary N) is 1. The molecule has 1 aliphatic heterocycles. The van der Waals surface area contributed by atoms with Crippen LogP contribution in [0.15, 0.2) is 18.2 Å². The van der Waals surface area contributed by atoms with E-state index in [4.69, 9.17) is 10.5 Å². The van der Waals surface area contributed by atoms with Gasteiger partial charge in [-0.15, -0.1) is 0 Å². The van der Waals surface area contributed by atoms with E-state index in [0.717, 1.165) is 38.2 Å². The van der Waals surface area contributed by atoms with Gasteiger partial charge in [-0.05, 0) is 43.7 Å². The summed E-state index contributed by atoms with van der Waals surface area (Å²) in [6.07, 6.45) is 6.64. The summed E-state index contributed by atoms with van der Waals surface area (Å²) in [5.41, 5.74) is 5.14. The number of nitro groups is 1. The summed E-state index contributed by atoms with van der Waals surface area (Å²) in [5, 5.41) is 10.9. The number of ether oxygens (including phenoxy) is 1. The number of hydrogen-bond donors (Lipinski definition) is 1. The highest BCUT2D eigenvalue weighted by Crippen LogP contribution is 2.35. The lowest BCUT2D eigenvalue weighted by Gasteiger charge is -2.44. The van der Waals surface area contributed by atoms with Gasteiger partial charge in [0.15, 0.2) is 6.61 Å². The number of nitrogen functional groups attached to an aromatic ring is 1. The van der Waals surface area contributed by atoms with Gasteiger partial charge in [0.2, 0.25) is 0 Å². The summed E-state index contributed by atoms with van der Waals surface area (Å²) in [6.45, 7) is 0.352. The number of fused-ring (bicyclic) bond motifs is 1. The number of carbonyl (C=O) groups excluding carboxylic acids is 2. The maximum absolute atomic E-state index is 12.5. The molecule has 8 heteroatoms. The number of nitrogens with zero attached hydrogens (tertiary/aromatic N) is 2. The second-order valence-corrected chi connectivity index (χ2v) is 6.95. The molecule has 26 heavy (non-hydrogen) atoms. The van der Waals surface area contributed by atoms with Crippen molar-refractivity contribution in [2.45, 2.75) is 44.6 Å². The number of esters is 1. The highest BCUT2D eigenvalue weighted by Gasteiger charge is 2.35. The molecule has 0 bridgehead atoms. The molecule has 1 aliphatic carbocycles. The molecule has 1 aromatic rings. The zero-order valence-corrected chi connectivity index (χ0v) is 14.6. The van der Waals surface area contributed by atoms with Crippen molar-refractivity contribution in [1.82, 2.24) is 4.90 Å². The van der Waals surface area contributed by atoms with Gasteiger partial charge in [-0.3, -0.25) is 14.9 Å². The van der Waals surface area contributed by atoms with E-state index in [9.17, 15) is 19.7 Å². The van der Waals surface area contributed by atoms with Crippen molar-refractivity contribution in [3.63, 3.8) is 0 Å². The monoisotopic (exact) mass is 361 g/mol. The Labute approximate surface area is 151 Å². The lowest BCUT2D eigenvalue weighted by Crippen LogP contribution is -2.50. The quantitative estimate of drug-likeness (QED) is 0.381. The first kappa shape index (κ1) is 18.2. The average Bonchev–Trinajstić information content (AvgIpc) is 2.65. The fraction of sp³-hybridized carbons (Fsp3) is 0.556. The molecule has 8 nitrogen and oxygen atoms in total. The minimum atomic E-state index is -0.765. The van der Waals surface area contributed by atoms with E-state index in [1.54, 1.807) is 0 Å². The van der Waals surface area contributed by atoms with Gasteiger partial charge in [-0.25, -0.2) is 4.79 Å². The van der Waals surface area contributed by atoms with Crippen LogP contribution in [-0.2, 0) is 9.53 Å². The first-order valence-electron chi connectivity index (χ1n) is 8.98. The Bertz CT molecular complexity index is 719. The van der Waals surface area contributed by atoms with Gasteiger partial charge in [0.1, 0.15) is 5.69 Å². The minimum Gasteiger partial charge on any atom is -0.452 e. The first-order chi connectivity index (χ1) is 12.5. The van der Waals surface area contributed by atoms with Gasteiger partial charge in [0.25, 0.3) is 11.6 Å². The third kappa shape index (κ3) is 3.79. The van der Waals surface area contributed by atoms with Crippen LogP contribution in [0.4, 0.5) is 11.4 Å². The van der Waals surface area contributed by atoms with E-state index in [1.165, 1.54) is 18.6 Å². The van der Waals surface area contributed by atoms with Gasteiger partial charge in [0.05, 0.1) is 10.5 Å². The topological polar surface area (TPSA) is 116 Å². The predicted octanol–water partition coefficient (Wildman–Crippen LogP) is 2.52. The molecule has 1 saturated carbocycles. The Morgan fingerprint density at radius 3 is 2.73 bits per heavy atom. The highest BCUT2D eigenvalue weighted by molar-refractivity contribution is 5.92. The molecule has 1 heterocycles. The normalized spacial score (nSPS) is 22.4. The van der Waals surface area contributed by atoms with Gasteiger partial charge < -0.3 is 15.4 Å². The zero-order chi connectivity index (χ0) is 18.7. The average molecular weight is 361 g/mol. The largest absolute Gasteiger partial charge is 0.452 e. The summed E-state index contributed by atoms with van der Waals surface area (Å²) in [5.74, 6) is -0.407. The van der Waals surface area contributed by atoms with Crippen molar-refractivity contribution in [1.29, 1.82) is 0 Å². The van der Waals surface area contributed by atoms with Crippen LogP contribution in [0.1, 0.15) is 48.9 Å². The molecule has 140 valence electrons. The van der Waals surface area contributed by atoms with Crippen LogP contribution in [-0.4, -0.2) is 40.9 Å². The Balaban J connectivity index is 1.61. The molecule has 2 aliphatic rings. The van der Waals surface area contributed by atoms with Crippen LogP contribution in [0, 0.1) is 16.0 Å². The second-order valence-electron chi connectivity index (χ2n) is 6.95. The number of likely N-dealkylation sites (tertiary alicyclic amines) is 1. The van der Waals surface area contributed by atoms with Crippen LogP contribution in [0.3, 0.4) is 0 Å². The molecule has 2 atom stereocenters. The number of hydrogen-bond acceptors (Lipinski definition) is 6. The third-order valence-electron chi connectivity index (χ3n) is 5.35. The van der Waals surface area contributed by atoms with Gasteiger partial charge >= 0.3 is 5.97 Å². The molecular weight excluding hydrogens is 338 g/mol. The predicted molar refractivity (Wildman–Crippen MR) is 94.5 cm³/mol. The molecule has 0 radical (unpaired) electrons. The van der Waals surface area contributed by atoms with Crippen molar-refractivity contribution in [3.8, 4) is 0 Å². The summed E-state index contributed by atoms with van der Waals surface area (Å²) < 4.78 is 5.10. The molecule has 3 rings (SSSR count). The SMILES string of the molecule is Nc1ccc(C(=O)OCC(=O)N2CCC[C@@H]3CCCC[C@H]32)cc1[N+](=O)[O-]. The Hall–Kier alpha value is -2.64. The molecule has 2 fully saturated rings. The van der Waals surface area contributed by atoms with Crippen molar-refractivity contribution in [2.24, 2.45) is 5.92 Å². The zero-order valence-electron chi connectivity index (χ0n) is 14.6. The second kappa shape index (κ2) is 7.72. The van der Waals surface area contributed by atoms with Crippen molar-refractivity contribution in [3.05, 3.63) is 33.9 Å². The number of nitro benzene ring substituents is 1. The van der Waals surface area contributed by atoms with Crippen LogP contribution < -0.4 is 5.73 Å². The van der Waals surface area contributed by atoms with Crippen molar-refractivity contribution in [2.75, 3.05) is 18.9 Å². The number of benzene rings is 1. The number of amides is 1. The van der Waals surface area contributed by atoms with Crippen LogP contribution >= 0.6 is 0 Å². The number of carbonyl (C=O) groups is 2. The summed E-state index contributed by atoms with van der Waals surface area (Å²) in [7, 11) is 0. The van der Waals surface area contributed by atoms with E-state index in [0.29, 0.717) is 12.5 Å². The fourth-order valence-corrected chi connectivity index (χ4v) is 4.06. The Kier molecular flexibility index (Phi) is 5.39. The van der Waals surface area contributed by atoms with Gasteiger partial charge in [0, 0.05) is 18.7 Å². The van der Waals surface area contributed by atoms with Crippen molar-refractivity contribution >= 4 is 23.3 Å². The maximum atomic E-state index is 12.5. The number of anilines is 1. The minimum absolute atomic E-state index is 0.00730. The van der Waals surface area contributed by atoms with E-state index in [2.05, 4.69) is 0 Å². The van der Waals surface area contributed by atoms with Gasteiger partial charge in [-0.1, -0.05) is 12.8 Å². The molecule has 1 saturated heterocycles. The molecule has 1 aromatic carbocycles. The van der Waals surface area contributed by atoms with Crippen LogP contribution in [0.2, 0.25) is 0 Å². The van der Waals surface area contributed by atoms with Gasteiger partial charge in [-0.2, -0.15) is 0 Å². The fourth-order valence-electron chi connectivity index (χ4n) is 4.06. The summed E-state index contributed by atoms with van der Waals surface area (Å²) in [4.78, 5) is 36.8. The lowest BCUT2D eigenvalue weighted by molar-refractivity contribution is -0.383. The summed E-state index contributed by atoms with van der Waals surface area (Å²) >= 11 is 0. The summed E-state index contributed by atoms with van der Waals surface area (Å²) in [6, 6.07) is 3.96. The van der Waals surface area contributed by atoms with E-state index >= 15 is 0 Å². The lowest BCUT2D eigenvalue weighted by atomic mass is 9.78. The standard InChI is InChI=1S/C18H23N3O5/c19-14-8-7-13(10-16(14)21(24)25)18(23)26-11-17(22)20-9-3-5-12-4-1-2-6-15(12)20/h7-8,10,12,15H,1-6,9,11,19H2/t12-,15+/m0/s1. The molecule has 0 aromatic heterocycles. The number of piperidine rings is 1. The van der Waals surface area contributed by atoms with Crippen LogP contribution in [0.25, 0.3) is 0 Å². The van der Waals surface area contributed by atoms with Crippen molar-refractivity contribution < 1.29 is 19.2 Å². The van der Waals surface area contributed by atoms with E-state index < -0.39 is 10.9 Å². The third-order valence-corrected chi connectivity index (χ3v) is 5.35. The van der Waals surface area contributed by atoms with E-state index in [1.807, 2.05) is 4.90 Å². The number of rotatable bonds is 4. The first-order valence-corrected chi connectivity index (χ1v) is 8.98. The maximum Gasteiger partial charge on any atom is 0.338 e.